The molecule has 0 aliphatic carbocycles. The largest absolute Gasteiger partial charge is 0.462 e. The third-order valence-corrected chi connectivity index (χ3v) is 12.4. The van der Waals surface area contributed by atoms with E-state index >= 15 is 0 Å². The standard InChI is InChI=1S/C52H92O12S/c1-3-5-7-9-11-13-15-17-19-21-22-23-25-27-29-31-33-35-37-39-41-48(54)63-45(43-62-52-51(57)50(56)49(55)46(64-52)44-65(58,59)60)42-61-47(53)40-38-36-34-32-30-28-26-24-20-18-16-14-12-10-8-6-4-2/h12,14,18,20,26,28,32,34,45-46,49-52,55-57H,3-11,13,15-17,19,21-25,27,29-31,33,35-44H2,1-2H3,(H,58,59,60)/b14-12+,20-18+,28-26+,34-32+/t45-,46-,49-,50?,51?,52+/m1/s1. The summed E-state index contributed by atoms with van der Waals surface area (Å²) in [6.07, 6.45) is 41.6. The van der Waals surface area contributed by atoms with Crippen molar-refractivity contribution < 1.29 is 56.8 Å². The van der Waals surface area contributed by atoms with Gasteiger partial charge in [0.05, 0.1) is 6.61 Å². The van der Waals surface area contributed by atoms with E-state index in [0.717, 1.165) is 44.9 Å². The maximum atomic E-state index is 12.9. The first-order valence-corrected chi connectivity index (χ1v) is 27.3. The number of hydrogen-bond acceptors (Lipinski definition) is 11. The number of aliphatic hydroxyl groups excluding tert-OH is 3. The quantitative estimate of drug-likeness (QED) is 0.0196. The molecule has 0 amide bonds. The smallest absolute Gasteiger partial charge is 0.306 e. The van der Waals surface area contributed by atoms with Crippen LogP contribution in [0.4, 0.5) is 0 Å². The van der Waals surface area contributed by atoms with Gasteiger partial charge in [-0.2, -0.15) is 8.42 Å². The fourth-order valence-corrected chi connectivity index (χ4v) is 8.36. The van der Waals surface area contributed by atoms with E-state index in [1.807, 2.05) is 6.08 Å². The molecular weight excluding hydrogens is 849 g/mol. The fraction of sp³-hybridized carbons (Fsp3) is 0.808. The van der Waals surface area contributed by atoms with Crippen molar-refractivity contribution in [3.8, 4) is 0 Å². The van der Waals surface area contributed by atoms with Gasteiger partial charge < -0.3 is 34.3 Å². The van der Waals surface area contributed by atoms with E-state index in [0.29, 0.717) is 19.3 Å². The van der Waals surface area contributed by atoms with Gasteiger partial charge in [-0.25, -0.2) is 0 Å². The lowest BCUT2D eigenvalue weighted by Gasteiger charge is -2.40. The summed E-state index contributed by atoms with van der Waals surface area (Å²) in [5, 5.41) is 31.0. The van der Waals surface area contributed by atoms with Crippen LogP contribution < -0.4 is 0 Å². The second-order valence-electron chi connectivity index (χ2n) is 17.8. The lowest BCUT2D eigenvalue weighted by atomic mass is 10.00. The number of unbranched alkanes of at least 4 members (excludes halogenated alkanes) is 23. The van der Waals surface area contributed by atoms with Crippen LogP contribution in [0.3, 0.4) is 0 Å². The van der Waals surface area contributed by atoms with E-state index in [1.165, 1.54) is 122 Å². The molecule has 0 saturated carbocycles. The van der Waals surface area contributed by atoms with Crippen LogP contribution in [0, 0.1) is 0 Å². The van der Waals surface area contributed by atoms with Gasteiger partial charge in [0.1, 0.15) is 36.8 Å². The molecule has 1 heterocycles. The van der Waals surface area contributed by atoms with E-state index in [-0.39, 0.29) is 19.4 Å². The first kappa shape index (κ1) is 60.6. The highest BCUT2D eigenvalue weighted by atomic mass is 32.2. The average Bonchev–Trinajstić information content (AvgIpc) is 3.27. The third-order valence-electron chi connectivity index (χ3n) is 11.7. The van der Waals surface area contributed by atoms with Crippen LogP contribution in [-0.4, -0.2) is 96.0 Å². The fourth-order valence-electron chi connectivity index (χ4n) is 7.67. The monoisotopic (exact) mass is 941 g/mol. The molecule has 1 rings (SSSR count). The zero-order valence-corrected chi connectivity index (χ0v) is 41.4. The van der Waals surface area contributed by atoms with E-state index in [4.69, 9.17) is 18.9 Å². The molecule has 2 unspecified atom stereocenters. The van der Waals surface area contributed by atoms with E-state index in [1.54, 1.807) is 0 Å². The molecule has 0 aromatic heterocycles. The minimum atomic E-state index is -4.61. The number of carbonyl (C=O) groups is 2. The van der Waals surface area contributed by atoms with Crippen molar-refractivity contribution in [3.63, 3.8) is 0 Å². The Morgan fingerprint density at radius 2 is 0.938 bits per heavy atom. The minimum absolute atomic E-state index is 0.144. The van der Waals surface area contributed by atoms with Gasteiger partial charge in [0.2, 0.25) is 0 Å². The van der Waals surface area contributed by atoms with Gasteiger partial charge in [0.25, 0.3) is 10.1 Å². The second-order valence-corrected chi connectivity index (χ2v) is 19.3. The first-order chi connectivity index (χ1) is 31.5. The number of rotatable bonds is 43. The summed E-state index contributed by atoms with van der Waals surface area (Å²) in [6, 6.07) is 0. The maximum absolute atomic E-state index is 12.9. The summed E-state index contributed by atoms with van der Waals surface area (Å²) in [7, 11) is -4.61. The Bertz CT molecular complexity index is 1380. The number of hydrogen-bond donors (Lipinski definition) is 4. The Morgan fingerprint density at radius 3 is 1.42 bits per heavy atom. The van der Waals surface area contributed by atoms with E-state index in [9.17, 15) is 37.9 Å². The number of carbonyl (C=O) groups excluding carboxylic acids is 2. The molecule has 0 radical (unpaired) electrons. The van der Waals surface area contributed by atoms with Crippen LogP contribution in [-0.2, 0) is 38.7 Å². The highest BCUT2D eigenvalue weighted by molar-refractivity contribution is 7.85. The zero-order valence-electron chi connectivity index (χ0n) is 40.6. The number of esters is 2. The number of ether oxygens (including phenoxy) is 4. The minimum Gasteiger partial charge on any atom is -0.462 e. The van der Waals surface area contributed by atoms with E-state index in [2.05, 4.69) is 56.4 Å². The average molecular weight is 941 g/mol. The summed E-state index contributed by atoms with van der Waals surface area (Å²) in [5.41, 5.74) is 0. The molecule has 0 aromatic carbocycles. The van der Waals surface area contributed by atoms with Crippen LogP contribution in [0.2, 0.25) is 0 Å². The molecule has 1 aliphatic rings. The molecule has 1 aliphatic heterocycles. The molecule has 13 heteroatoms. The molecule has 4 N–H and O–H groups in total. The van der Waals surface area contributed by atoms with Gasteiger partial charge in [0.15, 0.2) is 12.4 Å². The van der Waals surface area contributed by atoms with Gasteiger partial charge in [-0.15, -0.1) is 0 Å². The second kappa shape index (κ2) is 41.8. The van der Waals surface area contributed by atoms with Crippen molar-refractivity contribution in [1.82, 2.24) is 0 Å². The summed E-state index contributed by atoms with van der Waals surface area (Å²) in [5.74, 6) is -2.05. The van der Waals surface area contributed by atoms with Crippen molar-refractivity contribution >= 4 is 22.1 Å². The summed E-state index contributed by atoms with van der Waals surface area (Å²) in [6.45, 7) is 3.71. The van der Waals surface area contributed by atoms with Crippen LogP contribution in [0.15, 0.2) is 48.6 Å². The van der Waals surface area contributed by atoms with Crippen LogP contribution in [0.1, 0.15) is 213 Å². The zero-order chi connectivity index (χ0) is 47.6. The Hall–Kier alpha value is -2.39. The van der Waals surface area contributed by atoms with Crippen LogP contribution >= 0.6 is 0 Å². The predicted octanol–water partition coefficient (Wildman–Crippen LogP) is 11.5. The Labute approximate surface area is 394 Å². The lowest BCUT2D eigenvalue weighted by molar-refractivity contribution is -0.297. The third kappa shape index (κ3) is 36.3. The van der Waals surface area contributed by atoms with Gasteiger partial charge in [0, 0.05) is 12.8 Å². The summed E-state index contributed by atoms with van der Waals surface area (Å²) < 4.78 is 54.2. The van der Waals surface area contributed by atoms with Crippen LogP contribution in [0.25, 0.3) is 0 Å². The first-order valence-electron chi connectivity index (χ1n) is 25.7. The molecule has 0 aromatic rings. The Morgan fingerprint density at radius 1 is 0.523 bits per heavy atom. The molecule has 12 nitrogen and oxygen atoms in total. The molecule has 65 heavy (non-hydrogen) atoms. The molecule has 378 valence electrons. The SMILES string of the molecule is CCCCC/C=C/C/C=C/C/C=C/C/C=C/CCCC(=O)OC[C@H](CO[C@H]1O[C@H](CS(=O)(=O)O)[C@@H](O)C(O)C1O)OC(=O)CCCCCCCCCCCCCCCCCCCCCC. The summed E-state index contributed by atoms with van der Waals surface area (Å²) >= 11 is 0. The van der Waals surface area contributed by atoms with Crippen molar-refractivity contribution in [1.29, 1.82) is 0 Å². The highest BCUT2D eigenvalue weighted by Crippen LogP contribution is 2.24. The Balaban J connectivity index is 2.41. The molecule has 6 atom stereocenters. The molecule has 0 bridgehead atoms. The van der Waals surface area contributed by atoms with E-state index < -0.39 is 71.2 Å². The molecule has 1 fully saturated rings. The predicted molar refractivity (Wildman–Crippen MR) is 261 cm³/mol. The topological polar surface area (TPSA) is 186 Å². The van der Waals surface area contributed by atoms with Crippen molar-refractivity contribution in [2.24, 2.45) is 0 Å². The summed E-state index contributed by atoms with van der Waals surface area (Å²) in [4.78, 5) is 25.5. The number of allylic oxidation sites excluding steroid dienone is 8. The normalized spacial score (nSPS) is 19.9. The van der Waals surface area contributed by atoms with Crippen molar-refractivity contribution in [2.45, 2.75) is 250 Å². The van der Waals surface area contributed by atoms with Crippen molar-refractivity contribution in [2.75, 3.05) is 19.0 Å². The van der Waals surface area contributed by atoms with Gasteiger partial charge in [-0.05, 0) is 51.4 Å². The van der Waals surface area contributed by atoms with Crippen LogP contribution in [0.5, 0.6) is 0 Å². The molecule has 0 spiro atoms. The highest BCUT2D eigenvalue weighted by Gasteiger charge is 2.46. The Kier molecular flexibility index (Phi) is 39.0. The van der Waals surface area contributed by atoms with Gasteiger partial charge in [-0.1, -0.05) is 197 Å². The van der Waals surface area contributed by atoms with Crippen molar-refractivity contribution in [3.05, 3.63) is 48.6 Å². The van der Waals surface area contributed by atoms with Gasteiger partial charge >= 0.3 is 11.9 Å². The molecule has 1 saturated heterocycles. The molecular formula is C52H92O12S. The lowest BCUT2D eigenvalue weighted by Crippen LogP contribution is -2.60. The number of aliphatic hydroxyl groups is 3. The van der Waals surface area contributed by atoms with Gasteiger partial charge in [-0.3, -0.25) is 14.1 Å². The maximum Gasteiger partial charge on any atom is 0.306 e.